The van der Waals surface area contributed by atoms with E-state index in [1.807, 2.05) is 0 Å². The summed E-state index contributed by atoms with van der Waals surface area (Å²) in [6.07, 6.45) is 1.03. The highest BCUT2D eigenvalue weighted by molar-refractivity contribution is 9.10. The minimum absolute atomic E-state index is 0.0241. The number of aromatic nitrogens is 2. The fourth-order valence-corrected chi connectivity index (χ4v) is 2.80. The molecule has 1 amide bonds. The first kappa shape index (κ1) is 20.9. The third kappa shape index (κ3) is 4.60. The highest BCUT2D eigenvalue weighted by atomic mass is 79.9. The van der Waals surface area contributed by atoms with E-state index in [9.17, 15) is 19.3 Å². The first-order valence-corrected chi connectivity index (χ1v) is 9.11. The summed E-state index contributed by atoms with van der Waals surface area (Å²) in [5.74, 6) is -1.48. The summed E-state index contributed by atoms with van der Waals surface area (Å²) in [4.78, 5) is 30.9. The average Bonchev–Trinajstić information content (AvgIpc) is 2.73. The number of carbonyl (C=O) groups excluding carboxylic acids is 1. The van der Waals surface area contributed by atoms with E-state index >= 15 is 0 Å². The number of nitro groups is 1. The number of benzene rings is 2. The van der Waals surface area contributed by atoms with Crippen LogP contribution >= 0.6 is 15.9 Å². The van der Waals surface area contributed by atoms with Crippen LogP contribution in [0.3, 0.4) is 0 Å². The van der Waals surface area contributed by atoms with Crippen molar-refractivity contribution in [2.75, 3.05) is 17.9 Å². The molecule has 0 aliphatic carbocycles. The van der Waals surface area contributed by atoms with Crippen molar-refractivity contribution in [2.24, 2.45) is 0 Å². The van der Waals surface area contributed by atoms with Gasteiger partial charge in [0, 0.05) is 4.47 Å². The van der Waals surface area contributed by atoms with Crippen LogP contribution in [0.5, 0.6) is 5.75 Å². The van der Waals surface area contributed by atoms with Gasteiger partial charge in [-0.3, -0.25) is 25.8 Å². The summed E-state index contributed by atoms with van der Waals surface area (Å²) in [5.41, 5.74) is 4.33. The van der Waals surface area contributed by atoms with Crippen molar-refractivity contribution in [2.45, 2.75) is 0 Å². The number of nitrogens with zero attached hydrogens (tertiary/aromatic N) is 3. The normalized spacial score (nSPS) is 10.2. The van der Waals surface area contributed by atoms with Gasteiger partial charge >= 0.3 is 5.69 Å². The molecule has 3 aromatic rings. The van der Waals surface area contributed by atoms with Crippen LogP contribution in [0.4, 0.5) is 27.4 Å². The molecule has 0 saturated carbocycles. The van der Waals surface area contributed by atoms with E-state index in [4.69, 9.17) is 4.74 Å². The molecule has 30 heavy (non-hydrogen) atoms. The lowest BCUT2D eigenvalue weighted by Gasteiger charge is -2.12. The van der Waals surface area contributed by atoms with Gasteiger partial charge in [-0.1, -0.05) is 28.1 Å². The number of ether oxygens (including phenoxy) is 1. The first-order valence-electron chi connectivity index (χ1n) is 8.31. The van der Waals surface area contributed by atoms with Gasteiger partial charge < -0.3 is 10.1 Å². The van der Waals surface area contributed by atoms with Crippen LogP contribution in [0.1, 0.15) is 10.4 Å². The van der Waals surface area contributed by atoms with Crippen LogP contribution in [0.25, 0.3) is 0 Å². The molecular formula is C18H14BrFN6O4. The predicted molar refractivity (Wildman–Crippen MR) is 110 cm³/mol. The second kappa shape index (κ2) is 9.13. The van der Waals surface area contributed by atoms with Crippen molar-refractivity contribution >= 4 is 44.8 Å². The van der Waals surface area contributed by atoms with Crippen molar-refractivity contribution in [3.63, 3.8) is 0 Å². The molecule has 0 spiro atoms. The van der Waals surface area contributed by atoms with Crippen LogP contribution in [-0.2, 0) is 0 Å². The number of halogens is 2. The fraction of sp³-hybridized carbons (Fsp3) is 0.0556. The highest BCUT2D eigenvalue weighted by Crippen LogP contribution is 2.32. The number of hydrazine groups is 1. The number of methoxy groups -OCH3 is 1. The number of carbonyl (C=O) groups is 1. The second-order valence-corrected chi connectivity index (χ2v) is 6.62. The molecule has 10 nitrogen and oxygen atoms in total. The molecule has 3 N–H and O–H groups in total. The zero-order valence-electron chi connectivity index (χ0n) is 15.3. The molecule has 0 bridgehead atoms. The molecule has 1 heterocycles. The molecule has 0 atom stereocenters. The van der Waals surface area contributed by atoms with E-state index in [1.165, 1.54) is 25.3 Å². The number of anilines is 3. The van der Waals surface area contributed by atoms with Gasteiger partial charge in [-0.15, -0.1) is 0 Å². The number of hydrogen-bond donors (Lipinski definition) is 3. The SMILES string of the molecule is COc1ccccc1C(=O)NNc1ncnc(Nc2ccc(Br)cc2F)c1[N+](=O)[O-]. The number of rotatable bonds is 7. The van der Waals surface area contributed by atoms with Gasteiger partial charge in [0.05, 0.1) is 23.3 Å². The molecule has 0 aliphatic heterocycles. The Bertz CT molecular complexity index is 1110. The Morgan fingerprint density at radius 1 is 1.20 bits per heavy atom. The Morgan fingerprint density at radius 3 is 2.63 bits per heavy atom. The Kier molecular flexibility index (Phi) is 6.37. The Labute approximate surface area is 177 Å². The minimum Gasteiger partial charge on any atom is -0.496 e. The van der Waals surface area contributed by atoms with E-state index in [1.54, 1.807) is 24.3 Å². The van der Waals surface area contributed by atoms with Gasteiger partial charge in [0.15, 0.2) is 0 Å². The van der Waals surface area contributed by atoms with E-state index in [0.29, 0.717) is 10.2 Å². The zero-order chi connectivity index (χ0) is 21.7. The number of amides is 1. The minimum atomic E-state index is -0.753. The van der Waals surface area contributed by atoms with Crippen LogP contribution in [0.15, 0.2) is 53.3 Å². The number of para-hydroxylation sites is 1. The van der Waals surface area contributed by atoms with Gasteiger partial charge in [-0.05, 0) is 30.3 Å². The van der Waals surface area contributed by atoms with Crippen molar-refractivity contribution in [1.29, 1.82) is 0 Å². The lowest BCUT2D eigenvalue weighted by Crippen LogP contribution is -2.30. The Morgan fingerprint density at radius 2 is 1.93 bits per heavy atom. The van der Waals surface area contributed by atoms with E-state index in [2.05, 4.69) is 42.1 Å². The number of nitrogens with one attached hydrogen (secondary N) is 3. The molecule has 1 aromatic heterocycles. The predicted octanol–water partition coefficient (Wildman–Crippen LogP) is 3.80. The monoisotopic (exact) mass is 476 g/mol. The summed E-state index contributed by atoms with van der Waals surface area (Å²) in [6.45, 7) is 0. The largest absolute Gasteiger partial charge is 0.496 e. The maximum Gasteiger partial charge on any atom is 0.355 e. The molecule has 3 rings (SSSR count). The molecule has 12 heteroatoms. The summed E-state index contributed by atoms with van der Waals surface area (Å²) in [7, 11) is 1.41. The summed E-state index contributed by atoms with van der Waals surface area (Å²) in [5, 5.41) is 14.2. The third-order valence-corrected chi connectivity index (χ3v) is 4.33. The van der Waals surface area contributed by atoms with E-state index in [-0.39, 0.29) is 22.9 Å². The Balaban J connectivity index is 1.86. The lowest BCUT2D eigenvalue weighted by molar-refractivity contribution is -0.383. The zero-order valence-corrected chi connectivity index (χ0v) is 16.9. The summed E-state index contributed by atoms with van der Waals surface area (Å²) < 4.78 is 19.7. The van der Waals surface area contributed by atoms with Gasteiger partial charge in [-0.2, -0.15) is 0 Å². The highest BCUT2D eigenvalue weighted by Gasteiger charge is 2.24. The molecule has 0 aliphatic rings. The van der Waals surface area contributed by atoms with Crippen molar-refractivity contribution in [1.82, 2.24) is 15.4 Å². The molecule has 0 radical (unpaired) electrons. The second-order valence-electron chi connectivity index (χ2n) is 5.71. The van der Waals surface area contributed by atoms with E-state index in [0.717, 1.165) is 6.33 Å². The molecule has 0 fully saturated rings. The maximum atomic E-state index is 14.1. The fourth-order valence-electron chi connectivity index (χ4n) is 2.47. The van der Waals surface area contributed by atoms with Gasteiger partial charge in [0.25, 0.3) is 5.91 Å². The van der Waals surface area contributed by atoms with Gasteiger partial charge in [0.1, 0.15) is 17.9 Å². The third-order valence-electron chi connectivity index (χ3n) is 3.84. The van der Waals surface area contributed by atoms with Crippen LogP contribution < -0.4 is 20.9 Å². The molecule has 154 valence electrons. The Hall–Kier alpha value is -3.80. The van der Waals surface area contributed by atoms with Gasteiger partial charge in [-0.25, -0.2) is 14.4 Å². The number of hydrogen-bond acceptors (Lipinski definition) is 8. The topological polar surface area (TPSA) is 131 Å². The summed E-state index contributed by atoms with van der Waals surface area (Å²) in [6, 6.07) is 10.6. The van der Waals surface area contributed by atoms with Crippen LogP contribution in [-0.4, -0.2) is 27.9 Å². The molecule has 2 aromatic carbocycles. The van der Waals surface area contributed by atoms with Crippen molar-refractivity contribution < 1.29 is 18.8 Å². The van der Waals surface area contributed by atoms with Crippen molar-refractivity contribution in [3.05, 3.63) is 74.8 Å². The quantitative estimate of drug-likeness (QED) is 0.346. The standard InChI is InChI=1S/C18H14BrFN6O4/c1-30-14-5-3-2-4-11(14)18(27)25-24-17-15(26(28)29)16(21-9-22-17)23-13-7-6-10(19)8-12(13)20/h2-9H,1H3,(H,25,27)(H2,21,22,23,24). The first-order chi connectivity index (χ1) is 14.4. The molecular weight excluding hydrogens is 463 g/mol. The smallest absolute Gasteiger partial charge is 0.355 e. The average molecular weight is 477 g/mol. The maximum absolute atomic E-state index is 14.1. The van der Waals surface area contributed by atoms with Crippen LogP contribution in [0, 0.1) is 15.9 Å². The molecule has 0 saturated heterocycles. The molecule has 0 unspecified atom stereocenters. The van der Waals surface area contributed by atoms with E-state index < -0.39 is 22.3 Å². The van der Waals surface area contributed by atoms with Crippen LogP contribution in [0.2, 0.25) is 0 Å². The summed E-state index contributed by atoms with van der Waals surface area (Å²) >= 11 is 3.13. The van der Waals surface area contributed by atoms with Crippen molar-refractivity contribution in [3.8, 4) is 5.75 Å². The van der Waals surface area contributed by atoms with Gasteiger partial charge in [0.2, 0.25) is 11.6 Å². The lowest BCUT2D eigenvalue weighted by atomic mass is 10.2.